The van der Waals surface area contributed by atoms with Crippen LogP contribution < -0.4 is 21.3 Å². The molecule has 0 aliphatic heterocycles. The monoisotopic (exact) mass is 560 g/mol. The molecule has 0 unspecified atom stereocenters. The van der Waals surface area contributed by atoms with E-state index in [1.807, 2.05) is 7.05 Å². The zero-order valence-electron chi connectivity index (χ0n) is 21.4. The third-order valence-electron chi connectivity index (χ3n) is 6.53. The average molecular weight is 561 g/mol. The van der Waals surface area contributed by atoms with E-state index in [9.17, 15) is 22.8 Å². The first-order valence-corrected chi connectivity index (χ1v) is 12.7. The second-order valence-corrected chi connectivity index (χ2v) is 9.79. The van der Waals surface area contributed by atoms with E-state index in [1.54, 1.807) is 19.1 Å². The summed E-state index contributed by atoms with van der Waals surface area (Å²) in [6.07, 6.45) is -1.09. The fourth-order valence-electron chi connectivity index (χ4n) is 4.09. The van der Waals surface area contributed by atoms with Gasteiger partial charge in [0.2, 0.25) is 5.91 Å². The Morgan fingerprint density at radius 3 is 2.49 bits per heavy atom. The van der Waals surface area contributed by atoms with Crippen LogP contribution in [-0.2, 0) is 16.4 Å². The lowest BCUT2D eigenvalue weighted by atomic mass is 10.00. The fraction of sp³-hybridized carbons (Fsp3) is 0.333. The summed E-state index contributed by atoms with van der Waals surface area (Å²) in [5.74, 6) is -0.247. The van der Waals surface area contributed by atoms with Crippen molar-refractivity contribution in [3.8, 4) is 0 Å². The lowest BCUT2D eigenvalue weighted by Gasteiger charge is -2.17. The van der Waals surface area contributed by atoms with Crippen molar-refractivity contribution in [2.45, 2.75) is 37.8 Å². The number of aryl methyl sites for hydroxylation is 1. The number of amides is 2. The highest BCUT2D eigenvalue weighted by molar-refractivity contribution is 6.31. The van der Waals surface area contributed by atoms with E-state index < -0.39 is 28.1 Å². The number of anilines is 3. The van der Waals surface area contributed by atoms with Crippen molar-refractivity contribution in [3.05, 3.63) is 76.2 Å². The van der Waals surface area contributed by atoms with Gasteiger partial charge in [0.25, 0.3) is 5.91 Å². The molecular formula is C27H28ClF3N6O2. The molecule has 3 aromatic rings. The SMILES string of the molecule is CNCCCNc1cc(C2(C(=O)Nc3cc(C(=O)Nc4ccc(Cl)c(C(F)(F)F)c4)ccc3C)CC2)ncn1. The highest BCUT2D eigenvalue weighted by atomic mass is 35.5. The Balaban J connectivity index is 1.47. The maximum Gasteiger partial charge on any atom is 0.417 e. The molecular weight excluding hydrogens is 533 g/mol. The third-order valence-corrected chi connectivity index (χ3v) is 6.86. The van der Waals surface area contributed by atoms with Crippen molar-refractivity contribution in [1.29, 1.82) is 0 Å². The zero-order chi connectivity index (χ0) is 28.2. The highest BCUT2D eigenvalue weighted by Gasteiger charge is 2.53. The number of benzene rings is 2. The molecule has 1 heterocycles. The molecule has 4 rings (SSSR count). The standard InChI is InChI=1S/C27H28ClF3N6O2/c1-16-4-5-17(24(38)36-18-6-7-20(28)19(13-18)27(29,30)31)12-21(16)37-25(39)26(8-9-26)22-14-23(35-15-34-22)33-11-3-10-32-2/h4-7,12-15,32H,3,8-11H2,1-2H3,(H,36,38)(H,37,39)(H,33,34,35). The number of carbonyl (C=O) groups excluding carboxylic acids is 2. The Morgan fingerprint density at radius 1 is 1.03 bits per heavy atom. The number of rotatable bonds is 10. The van der Waals surface area contributed by atoms with Gasteiger partial charge in [-0.15, -0.1) is 0 Å². The molecule has 1 aromatic heterocycles. The number of alkyl halides is 3. The van der Waals surface area contributed by atoms with Gasteiger partial charge in [-0.05, 0) is 75.7 Å². The van der Waals surface area contributed by atoms with E-state index in [-0.39, 0.29) is 17.2 Å². The van der Waals surface area contributed by atoms with Gasteiger partial charge in [0.05, 0.1) is 21.7 Å². The molecule has 4 N–H and O–H groups in total. The Morgan fingerprint density at radius 2 is 1.79 bits per heavy atom. The van der Waals surface area contributed by atoms with Crippen molar-refractivity contribution < 1.29 is 22.8 Å². The van der Waals surface area contributed by atoms with Crippen molar-refractivity contribution in [2.75, 3.05) is 36.1 Å². The smallest absolute Gasteiger partial charge is 0.370 e. The summed E-state index contributed by atoms with van der Waals surface area (Å²) in [6.45, 7) is 3.36. The fourth-order valence-corrected chi connectivity index (χ4v) is 4.31. The largest absolute Gasteiger partial charge is 0.417 e. The topological polar surface area (TPSA) is 108 Å². The lowest BCUT2D eigenvalue weighted by molar-refractivity contribution is -0.137. The van der Waals surface area contributed by atoms with Crippen LogP contribution in [0.15, 0.2) is 48.8 Å². The van der Waals surface area contributed by atoms with Crippen LogP contribution in [0.4, 0.5) is 30.4 Å². The van der Waals surface area contributed by atoms with Gasteiger partial charge in [-0.2, -0.15) is 13.2 Å². The van der Waals surface area contributed by atoms with E-state index in [0.29, 0.717) is 30.0 Å². The Hall–Kier alpha value is -3.70. The molecule has 0 radical (unpaired) electrons. The number of hydrogen-bond donors (Lipinski definition) is 4. The number of hydrogen-bond acceptors (Lipinski definition) is 6. The normalized spacial score (nSPS) is 14.0. The van der Waals surface area contributed by atoms with Gasteiger partial charge in [0.1, 0.15) is 12.1 Å². The molecule has 12 heteroatoms. The molecule has 1 saturated carbocycles. The summed E-state index contributed by atoms with van der Waals surface area (Å²) >= 11 is 5.66. The molecule has 1 aliphatic rings. The summed E-state index contributed by atoms with van der Waals surface area (Å²) in [7, 11) is 1.88. The van der Waals surface area contributed by atoms with E-state index in [2.05, 4.69) is 31.2 Å². The Kier molecular flexibility index (Phi) is 8.41. The van der Waals surface area contributed by atoms with Crippen LogP contribution in [0.3, 0.4) is 0 Å². The summed E-state index contributed by atoms with van der Waals surface area (Å²) in [6, 6.07) is 9.60. The molecule has 2 amide bonds. The molecule has 0 bridgehead atoms. The van der Waals surface area contributed by atoms with Gasteiger partial charge in [-0.25, -0.2) is 9.97 Å². The van der Waals surface area contributed by atoms with Gasteiger partial charge in [0.15, 0.2) is 0 Å². The number of carbonyl (C=O) groups is 2. The van der Waals surface area contributed by atoms with Crippen LogP contribution in [-0.4, -0.2) is 41.9 Å². The van der Waals surface area contributed by atoms with Gasteiger partial charge >= 0.3 is 6.18 Å². The lowest BCUT2D eigenvalue weighted by Crippen LogP contribution is -2.29. The predicted molar refractivity (Wildman–Crippen MR) is 144 cm³/mol. The minimum absolute atomic E-state index is 0.0565. The summed E-state index contributed by atoms with van der Waals surface area (Å²) in [4.78, 5) is 34.8. The van der Waals surface area contributed by atoms with Crippen LogP contribution in [0, 0.1) is 6.92 Å². The van der Waals surface area contributed by atoms with E-state index in [4.69, 9.17) is 11.6 Å². The summed E-state index contributed by atoms with van der Waals surface area (Å²) in [5, 5.41) is 11.2. The number of aromatic nitrogens is 2. The van der Waals surface area contributed by atoms with Crippen molar-refractivity contribution >= 4 is 40.6 Å². The summed E-state index contributed by atoms with van der Waals surface area (Å²) < 4.78 is 39.6. The Bertz CT molecular complexity index is 1380. The van der Waals surface area contributed by atoms with E-state index in [1.165, 1.54) is 24.5 Å². The maximum atomic E-state index is 13.4. The number of halogens is 4. The summed E-state index contributed by atoms with van der Waals surface area (Å²) in [5.41, 5.74) is 0.0159. The van der Waals surface area contributed by atoms with Crippen LogP contribution >= 0.6 is 11.6 Å². The minimum atomic E-state index is -4.66. The molecule has 8 nitrogen and oxygen atoms in total. The molecule has 206 valence electrons. The quantitative estimate of drug-likeness (QED) is 0.247. The van der Waals surface area contributed by atoms with Crippen LogP contribution in [0.25, 0.3) is 0 Å². The zero-order valence-corrected chi connectivity index (χ0v) is 22.1. The Labute approximate surface area is 228 Å². The molecule has 1 aliphatic carbocycles. The minimum Gasteiger partial charge on any atom is -0.370 e. The first-order chi connectivity index (χ1) is 18.5. The first-order valence-electron chi connectivity index (χ1n) is 12.3. The second-order valence-electron chi connectivity index (χ2n) is 9.38. The van der Waals surface area contributed by atoms with Gasteiger partial charge in [-0.1, -0.05) is 17.7 Å². The molecule has 0 saturated heterocycles. The number of nitrogens with one attached hydrogen (secondary N) is 4. The van der Waals surface area contributed by atoms with Gasteiger partial charge in [-0.3, -0.25) is 9.59 Å². The first kappa shape index (κ1) is 28.3. The second kappa shape index (κ2) is 11.6. The van der Waals surface area contributed by atoms with Gasteiger partial charge < -0.3 is 21.3 Å². The predicted octanol–water partition coefficient (Wildman–Crippen LogP) is 5.40. The van der Waals surface area contributed by atoms with Crippen molar-refractivity contribution in [2.24, 2.45) is 0 Å². The maximum absolute atomic E-state index is 13.4. The third kappa shape index (κ3) is 6.66. The van der Waals surface area contributed by atoms with Gasteiger partial charge in [0, 0.05) is 29.5 Å². The molecule has 1 fully saturated rings. The van der Waals surface area contributed by atoms with Crippen LogP contribution in [0.2, 0.25) is 5.02 Å². The van der Waals surface area contributed by atoms with Crippen LogP contribution in [0.1, 0.15) is 46.4 Å². The average Bonchev–Trinajstić information content (AvgIpc) is 3.71. The molecule has 0 atom stereocenters. The van der Waals surface area contributed by atoms with Crippen LogP contribution in [0.5, 0.6) is 0 Å². The molecule has 0 spiro atoms. The van der Waals surface area contributed by atoms with E-state index >= 15 is 0 Å². The molecule has 2 aromatic carbocycles. The highest BCUT2D eigenvalue weighted by Crippen LogP contribution is 2.48. The number of nitrogens with zero attached hydrogens (tertiary/aromatic N) is 2. The van der Waals surface area contributed by atoms with Crippen molar-refractivity contribution in [1.82, 2.24) is 15.3 Å². The molecule has 39 heavy (non-hydrogen) atoms. The van der Waals surface area contributed by atoms with E-state index in [0.717, 1.165) is 37.2 Å². The van der Waals surface area contributed by atoms with Crippen molar-refractivity contribution in [3.63, 3.8) is 0 Å².